The number of hydrogen-bond donors (Lipinski definition) is 1. The summed E-state index contributed by atoms with van der Waals surface area (Å²) < 4.78 is 5.96. The quantitative estimate of drug-likeness (QED) is 0.867. The third-order valence-corrected chi connectivity index (χ3v) is 4.16. The van der Waals surface area contributed by atoms with Crippen LogP contribution in [0.4, 0.5) is 0 Å². The molecule has 0 aromatic carbocycles. The van der Waals surface area contributed by atoms with E-state index in [-0.39, 0.29) is 0 Å². The maximum Gasteiger partial charge on any atom is 0.0956 e. The summed E-state index contributed by atoms with van der Waals surface area (Å²) in [6.07, 6.45) is 2.81. The molecule has 1 aromatic rings. The Morgan fingerprint density at radius 1 is 1.53 bits per heavy atom. The van der Waals surface area contributed by atoms with Crippen molar-refractivity contribution in [3.05, 3.63) is 22.4 Å². The normalized spacial score (nSPS) is 25.4. The fraction of sp³-hybridized carbons (Fsp3) is 0.714. The fourth-order valence-electron chi connectivity index (χ4n) is 2.38. The molecule has 0 radical (unpaired) electrons. The Balaban J connectivity index is 1.89. The maximum absolute atomic E-state index is 5.96. The zero-order valence-corrected chi connectivity index (χ0v) is 11.6. The molecule has 1 aliphatic heterocycles. The summed E-state index contributed by atoms with van der Waals surface area (Å²) in [5, 5.41) is 5.72. The minimum Gasteiger partial charge on any atom is -0.372 e. The summed E-state index contributed by atoms with van der Waals surface area (Å²) in [4.78, 5) is 1.39. The smallest absolute Gasteiger partial charge is 0.0956 e. The highest BCUT2D eigenvalue weighted by molar-refractivity contribution is 7.10. The van der Waals surface area contributed by atoms with Crippen LogP contribution in [0.2, 0.25) is 0 Å². The van der Waals surface area contributed by atoms with Crippen LogP contribution in [-0.2, 0) is 4.74 Å². The summed E-state index contributed by atoms with van der Waals surface area (Å²) in [5.74, 6) is 1.36. The minimum absolute atomic E-state index is 0.323. The highest BCUT2D eigenvalue weighted by atomic mass is 32.1. The molecule has 2 heterocycles. The van der Waals surface area contributed by atoms with Crippen LogP contribution in [0.5, 0.6) is 0 Å². The highest BCUT2D eigenvalue weighted by Crippen LogP contribution is 2.35. The average molecular weight is 253 g/mol. The molecule has 17 heavy (non-hydrogen) atoms. The third-order valence-electron chi connectivity index (χ3n) is 3.23. The van der Waals surface area contributed by atoms with Crippen LogP contribution in [0.3, 0.4) is 0 Å². The zero-order valence-electron chi connectivity index (χ0n) is 10.8. The molecule has 3 heteroatoms. The van der Waals surface area contributed by atoms with Gasteiger partial charge in [-0.3, -0.25) is 0 Å². The van der Waals surface area contributed by atoms with Gasteiger partial charge in [0.1, 0.15) is 0 Å². The zero-order chi connectivity index (χ0) is 12.1. The lowest BCUT2D eigenvalue weighted by Crippen LogP contribution is -2.33. The molecule has 2 atom stereocenters. The van der Waals surface area contributed by atoms with E-state index in [0.717, 1.165) is 25.6 Å². The van der Waals surface area contributed by atoms with Crippen molar-refractivity contribution in [1.82, 2.24) is 5.32 Å². The fourth-order valence-corrected chi connectivity index (χ4v) is 3.24. The highest BCUT2D eigenvalue weighted by Gasteiger charge is 2.27. The molecule has 0 spiro atoms. The van der Waals surface area contributed by atoms with Crippen molar-refractivity contribution in [3.8, 4) is 0 Å². The molecule has 0 bridgehead atoms. The molecule has 2 rings (SSSR count). The Hall–Kier alpha value is -0.380. The number of ether oxygens (including phenoxy) is 1. The van der Waals surface area contributed by atoms with Gasteiger partial charge in [0.15, 0.2) is 0 Å². The van der Waals surface area contributed by atoms with E-state index in [1.165, 1.54) is 17.7 Å². The first-order valence-corrected chi connectivity index (χ1v) is 7.51. The largest absolute Gasteiger partial charge is 0.372 e. The van der Waals surface area contributed by atoms with Crippen molar-refractivity contribution < 1.29 is 4.74 Å². The first-order chi connectivity index (χ1) is 8.27. The standard InChI is InChI=1S/C14H23NOS/c1-11(2)9-15-10-12-5-3-7-16-14(12)13-6-4-8-17-13/h4,6,8,11-12,14-15H,3,5,7,9-10H2,1-2H3. The monoisotopic (exact) mass is 253 g/mol. The second kappa shape index (κ2) is 6.53. The van der Waals surface area contributed by atoms with Gasteiger partial charge in [-0.1, -0.05) is 19.9 Å². The van der Waals surface area contributed by atoms with Crippen molar-refractivity contribution >= 4 is 11.3 Å². The first kappa shape index (κ1) is 13.1. The lowest BCUT2D eigenvalue weighted by atomic mass is 9.93. The molecular weight excluding hydrogens is 230 g/mol. The van der Waals surface area contributed by atoms with Crippen LogP contribution in [0.1, 0.15) is 37.7 Å². The summed E-state index contributed by atoms with van der Waals surface area (Å²) in [5.41, 5.74) is 0. The van der Waals surface area contributed by atoms with Gasteiger partial charge in [0.05, 0.1) is 6.10 Å². The van der Waals surface area contributed by atoms with Gasteiger partial charge in [-0.15, -0.1) is 11.3 Å². The van der Waals surface area contributed by atoms with Gasteiger partial charge in [0.2, 0.25) is 0 Å². The van der Waals surface area contributed by atoms with Crippen molar-refractivity contribution in [1.29, 1.82) is 0 Å². The van der Waals surface area contributed by atoms with Crippen LogP contribution in [0.25, 0.3) is 0 Å². The third kappa shape index (κ3) is 3.80. The van der Waals surface area contributed by atoms with Gasteiger partial charge < -0.3 is 10.1 Å². The number of hydrogen-bond acceptors (Lipinski definition) is 3. The van der Waals surface area contributed by atoms with Crippen LogP contribution in [0.15, 0.2) is 17.5 Å². The number of nitrogens with one attached hydrogen (secondary N) is 1. The van der Waals surface area contributed by atoms with E-state index in [1.807, 2.05) is 11.3 Å². The lowest BCUT2D eigenvalue weighted by Gasteiger charge is -2.31. The Labute approximate surface area is 108 Å². The molecule has 1 N–H and O–H groups in total. The van der Waals surface area contributed by atoms with Crippen molar-refractivity contribution in [3.63, 3.8) is 0 Å². The summed E-state index contributed by atoms with van der Waals surface area (Å²) in [7, 11) is 0. The predicted octanol–water partition coefficient (Wildman–Crippen LogP) is 3.46. The number of rotatable bonds is 5. The van der Waals surface area contributed by atoms with Crippen LogP contribution in [0, 0.1) is 11.8 Å². The van der Waals surface area contributed by atoms with E-state index in [4.69, 9.17) is 4.74 Å². The summed E-state index contributed by atoms with van der Waals surface area (Å²) in [6, 6.07) is 4.33. The molecule has 2 nitrogen and oxygen atoms in total. The van der Waals surface area contributed by atoms with E-state index in [1.54, 1.807) is 0 Å². The Morgan fingerprint density at radius 2 is 2.41 bits per heavy atom. The second-order valence-corrected chi connectivity index (χ2v) is 6.24. The van der Waals surface area contributed by atoms with E-state index in [2.05, 4.69) is 36.7 Å². The summed E-state index contributed by atoms with van der Waals surface area (Å²) in [6.45, 7) is 7.61. The molecular formula is C14H23NOS. The minimum atomic E-state index is 0.323. The predicted molar refractivity (Wildman–Crippen MR) is 73.4 cm³/mol. The Bertz CT molecular complexity index is 310. The maximum atomic E-state index is 5.96. The molecule has 96 valence electrons. The van der Waals surface area contributed by atoms with E-state index in [9.17, 15) is 0 Å². The molecule has 1 aliphatic rings. The van der Waals surface area contributed by atoms with Crippen LogP contribution in [-0.4, -0.2) is 19.7 Å². The van der Waals surface area contributed by atoms with Gasteiger partial charge in [0, 0.05) is 23.9 Å². The summed E-state index contributed by atoms with van der Waals surface area (Å²) >= 11 is 1.82. The second-order valence-electron chi connectivity index (χ2n) is 5.26. The molecule has 2 unspecified atom stereocenters. The molecule has 0 saturated carbocycles. The topological polar surface area (TPSA) is 21.3 Å². The lowest BCUT2D eigenvalue weighted by molar-refractivity contribution is -0.0257. The van der Waals surface area contributed by atoms with Crippen molar-refractivity contribution in [2.75, 3.05) is 19.7 Å². The van der Waals surface area contributed by atoms with E-state index < -0.39 is 0 Å². The van der Waals surface area contributed by atoms with E-state index in [0.29, 0.717) is 12.0 Å². The molecule has 0 amide bonds. The van der Waals surface area contributed by atoms with E-state index >= 15 is 0 Å². The molecule has 1 fully saturated rings. The average Bonchev–Trinajstić information content (AvgIpc) is 2.82. The van der Waals surface area contributed by atoms with Crippen molar-refractivity contribution in [2.24, 2.45) is 11.8 Å². The van der Waals surface area contributed by atoms with Crippen molar-refractivity contribution in [2.45, 2.75) is 32.8 Å². The molecule has 1 aromatic heterocycles. The van der Waals surface area contributed by atoms with Crippen LogP contribution >= 0.6 is 11.3 Å². The van der Waals surface area contributed by atoms with Gasteiger partial charge in [-0.05, 0) is 36.8 Å². The van der Waals surface area contributed by atoms with Crippen LogP contribution < -0.4 is 5.32 Å². The number of thiophene rings is 1. The Kier molecular flexibility index (Phi) is 5.01. The van der Waals surface area contributed by atoms with Gasteiger partial charge in [0.25, 0.3) is 0 Å². The first-order valence-electron chi connectivity index (χ1n) is 6.63. The molecule has 0 aliphatic carbocycles. The Morgan fingerprint density at radius 3 is 3.12 bits per heavy atom. The van der Waals surface area contributed by atoms with Gasteiger partial charge >= 0.3 is 0 Å². The SMILES string of the molecule is CC(C)CNCC1CCCOC1c1cccs1. The molecule has 1 saturated heterocycles. The van der Waals surface area contributed by atoms with Gasteiger partial charge in [-0.25, -0.2) is 0 Å². The van der Waals surface area contributed by atoms with Gasteiger partial charge in [-0.2, -0.15) is 0 Å².